The summed E-state index contributed by atoms with van der Waals surface area (Å²) in [5.74, 6) is 1.19. The lowest BCUT2D eigenvalue weighted by Crippen LogP contribution is -2.29. The lowest BCUT2D eigenvalue weighted by atomic mass is 10.2. The number of benzene rings is 2. The van der Waals surface area contributed by atoms with Gasteiger partial charge in [-0.25, -0.2) is 4.57 Å². The molecule has 0 bridgehead atoms. The average Bonchev–Trinajstić information content (AvgIpc) is 2.47. The molecule has 1 unspecified atom stereocenters. The van der Waals surface area contributed by atoms with E-state index >= 15 is 0 Å². The van der Waals surface area contributed by atoms with Gasteiger partial charge in [0, 0.05) is 6.42 Å². The van der Waals surface area contributed by atoms with Gasteiger partial charge in [0.25, 0.3) is 0 Å². The first-order valence-corrected chi connectivity index (χ1v) is 8.63. The molecular formula is C16H19O6P. The van der Waals surface area contributed by atoms with E-state index < -0.39 is 20.2 Å². The van der Waals surface area contributed by atoms with E-state index in [2.05, 4.69) is 4.52 Å². The number of para-hydroxylation sites is 2. The summed E-state index contributed by atoms with van der Waals surface area (Å²) >= 11 is 0. The van der Waals surface area contributed by atoms with E-state index in [0.717, 1.165) is 0 Å². The van der Waals surface area contributed by atoms with E-state index in [1.165, 1.54) is 0 Å². The first kappa shape index (κ1) is 17.5. The molecule has 0 aliphatic rings. The van der Waals surface area contributed by atoms with Gasteiger partial charge in [-0.15, -0.1) is 0 Å². The Hall–Kier alpha value is -1.85. The Labute approximate surface area is 134 Å². The van der Waals surface area contributed by atoms with Gasteiger partial charge in [-0.3, -0.25) is 4.52 Å². The summed E-state index contributed by atoms with van der Waals surface area (Å²) in [5.41, 5.74) is 0. The minimum atomic E-state index is -4.55. The highest BCUT2D eigenvalue weighted by atomic mass is 31.2. The molecule has 7 heteroatoms. The maximum Gasteiger partial charge on any atom is 0.469 e. The van der Waals surface area contributed by atoms with Crippen LogP contribution < -0.4 is 9.47 Å². The summed E-state index contributed by atoms with van der Waals surface area (Å²) < 4.78 is 27.1. The average molecular weight is 338 g/mol. The normalized spacial score (nSPS) is 12.9. The van der Waals surface area contributed by atoms with E-state index in [-0.39, 0.29) is 6.42 Å². The largest absolute Gasteiger partial charge is 0.469 e. The molecule has 2 aromatic carbocycles. The van der Waals surface area contributed by atoms with Gasteiger partial charge >= 0.3 is 7.82 Å². The zero-order chi connectivity index (χ0) is 16.7. The molecule has 0 radical (unpaired) electrons. The minimum Gasteiger partial charge on any atom is -0.455 e. The van der Waals surface area contributed by atoms with Crippen molar-refractivity contribution in [2.75, 3.05) is 0 Å². The van der Waals surface area contributed by atoms with Crippen LogP contribution in [0.3, 0.4) is 0 Å². The Bertz CT molecular complexity index is 586. The third-order valence-electron chi connectivity index (χ3n) is 2.86. The van der Waals surface area contributed by atoms with Crippen molar-refractivity contribution in [2.24, 2.45) is 0 Å². The number of hydrogen-bond donors (Lipinski definition) is 2. The molecule has 23 heavy (non-hydrogen) atoms. The van der Waals surface area contributed by atoms with Crippen molar-refractivity contribution in [1.29, 1.82) is 0 Å². The van der Waals surface area contributed by atoms with Gasteiger partial charge < -0.3 is 19.3 Å². The van der Waals surface area contributed by atoms with Crippen molar-refractivity contribution in [2.45, 2.75) is 25.7 Å². The first-order valence-electron chi connectivity index (χ1n) is 7.10. The quantitative estimate of drug-likeness (QED) is 0.567. The van der Waals surface area contributed by atoms with Crippen LogP contribution in [0.4, 0.5) is 0 Å². The number of ether oxygens (including phenoxy) is 2. The minimum absolute atomic E-state index is 0.148. The second-order valence-electron chi connectivity index (χ2n) is 4.93. The molecule has 0 heterocycles. The van der Waals surface area contributed by atoms with Gasteiger partial charge in [-0.1, -0.05) is 36.4 Å². The highest BCUT2D eigenvalue weighted by Crippen LogP contribution is 2.38. The fraction of sp³-hybridized carbons (Fsp3) is 0.250. The summed E-state index contributed by atoms with van der Waals surface area (Å²) in [4.78, 5) is 17.8. The van der Waals surface area contributed by atoms with E-state index in [1.807, 2.05) is 36.4 Å². The molecule has 0 aliphatic heterocycles. The van der Waals surface area contributed by atoms with Gasteiger partial charge in [-0.05, 0) is 31.2 Å². The standard InChI is InChI=1S/C16H19O6P/c1-13(22-23(17,18)19)12-16(20-14-8-4-2-5-9-14)21-15-10-6-3-7-11-15/h2-11,13,16H,12H2,1H3,(H2,17,18,19). The van der Waals surface area contributed by atoms with Crippen molar-refractivity contribution >= 4 is 7.82 Å². The monoisotopic (exact) mass is 338 g/mol. The predicted molar refractivity (Wildman–Crippen MR) is 85.1 cm³/mol. The third-order valence-corrected chi connectivity index (χ3v) is 3.50. The maximum atomic E-state index is 10.9. The summed E-state index contributed by atoms with van der Waals surface area (Å²) in [7, 11) is -4.55. The summed E-state index contributed by atoms with van der Waals surface area (Å²) in [6, 6.07) is 18.1. The van der Waals surface area contributed by atoms with Crippen molar-refractivity contribution in [3.8, 4) is 11.5 Å². The van der Waals surface area contributed by atoms with Crippen molar-refractivity contribution in [3.63, 3.8) is 0 Å². The Morgan fingerprint density at radius 3 is 1.74 bits per heavy atom. The maximum absolute atomic E-state index is 10.9. The SMILES string of the molecule is CC(CC(Oc1ccccc1)Oc1ccccc1)OP(=O)(O)O. The van der Waals surface area contributed by atoms with Gasteiger partial charge in [0.15, 0.2) is 0 Å². The number of phosphoric acid groups is 1. The number of hydrogen-bond acceptors (Lipinski definition) is 4. The van der Waals surface area contributed by atoms with Crippen LogP contribution in [-0.4, -0.2) is 22.2 Å². The molecule has 0 aliphatic carbocycles. The van der Waals surface area contributed by atoms with Crippen LogP contribution in [0.1, 0.15) is 13.3 Å². The topological polar surface area (TPSA) is 85.2 Å². The molecule has 0 aromatic heterocycles. The molecule has 0 amide bonds. The third kappa shape index (κ3) is 6.84. The molecular weight excluding hydrogens is 319 g/mol. The lowest BCUT2D eigenvalue weighted by Gasteiger charge is -2.23. The van der Waals surface area contributed by atoms with E-state index in [0.29, 0.717) is 11.5 Å². The molecule has 0 saturated carbocycles. The Kier molecular flexibility index (Phi) is 6.19. The van der Waals surface area contributed by atoms with E-state index in [4.69, 9.17) is 19.3 Å². The van der Waals surface area contributed by atoms with Crippen LogP contribution in [0.25, 0.3) is 0 Å². The van der Waals surface area contributed by atoms with E-state index in [9.17, 15) is 4.57 Å². The zero-order valence-electron chi connectivity index (χ0n) is 12.6. The fourth-order valence-electron chi connectivity index (χ4n) is 1.97. The number of phosphoric ester groups is 1. The zero-order valence-corrected chi connectivity index (χ0v) is 13.5. The van der Waals surface area contributed by atoms with Crippen LogP contribution in [-0.2, 0) is 9.09 Å². The van der Waals surface area contributed by atoms with Crippen molar-refractivity contribution in [1.82, 2.24) is 0 Å². The van der Waals surface area contributed by atoms with E-state index in [1.54, 1.807) is 31.2 Å². The Morgan fingerprint density at radius 2 is 1.35 bits per heavy atom. The molecule has 0 spiro atoms. The first-order chi connectivity index (χ1) is 10.9. The van der Waals surface area contributed by atoms with Crippen LogP contribution in [0.15, 0.2) is 60.7 Å². The van der Waals surface area contributed by atoms with Gasteiger partial charge in [0.05, 0.1) is 6.10 Å². The van der Waals surface area contributed by atoms with Gasteiger partial charge in [0.1, 0.15) is 11.5 Å². The second-order valence-corrected chi connectivity index (χ2v) is 6.13. The predicted octanol–water partition coefficient (Wildman–Crippen LogP) is 3.36. The van der Waals surface area contributed by atoms with Crippen molar-refractivity contribution < 1.29 is 28.3 Å². The summed E-state index contributed by atoms with van der Waals surface area (Å²) in [6.45, 7) is 1.55. The van der Waals surface area contributed by atoms with Gasteiger partial charge in [-0.2, -0.15) is 0 Å². The molecule has 2 rings (SSSR count). The molecule has 0 fully saturated rings. The molecule has 1 atom stereocenters. The Morgan fingerprint density at radius 1 is 0.913 bits per heavy atom. The van der Waals surface area contributed by atoms with Crippen LogP contribution in [0.5, 0.6) is 11.5 Å². The molecule has 6 nitrogen and oxygen atoms in total. The molecule has 2 N–H and O–H groups in total. The fourth-order valence-corrected chi connectivity index (χ4v) is 2.53. The highest BCUT2D eigenvalue weighted by molar-refractivity contribution is 7.46. The molecule has 0 saturated heterocycles. The van der Waals surface area contributed by atoms with Crippen LogP contribution in [0.2, 0.25) is 0 Å². The molecule has 124 valence electrons. The molecule has 2 aromatic rings. The lowest BCUT2D eigenvalue weighted by molar-refractivity contribution is -0.0269. The van der Waals surface area contributed by atoms with Gasteiger partial charge in [0.2, 0.25) is 6.29 Å². The van der Waals surface area contributed by atoms with Crippen LogP contribution >= 0.6 is 7.82 Å². The number of rotatable bonds is 8. The highest BCUT2D eigenvalue weighted by Gasteiger charge is 2.24. The smallest absolute Gasteiger partial charge is 0.455 e. The summed E-state index contributed by atoms with van der Waals surface area (Å²) in [5, 5.41) is 0. The van der Waals surface area contributed by atoms with Crippen molar-refractivity contribution in [3.05, 3.63) is 60.7 Å². The van der Waals surface area contributed by atoms with Crippen LogP contribution in [0, 0.1) is 0 Å². The summed E-state index contributed by atoms with van der Waals surface area (Å²) in [6.07, 6.45) is -1.34. The second kappa shape index (κ2) is 8.13. The Balaban J connectivity index is 2.06.